The van der Waals surface area contributed by atoms with Crippen molar-refractivity contribution in [2.75, 3.05) is 26.7 Å². The zero-order chi connectivity index (χ0) is 18.6. The lowest BCUT2D eigenvalue weighted by Gasteiger charge is -2.56. The van der Waals surface area contributed by atoms with Crippen molar-refractivity contribution in [3.63, 3.8) is 0 Å². The lowest BCUT2D eigenvalue weighted by atomic mass is 9.73. The first-order chi connectivity index (χ1) is 13.1. The highest BCUT2D eigenvalue weighted by molar-refractivity contribution is 6.30. The van der Waals surface area contributed by atoms with E-state index in [1.165, 1.54) is 36.0 Å². The van der Waals surface area contributed by atoms with Crippen LogP contribution in [0.1, 0.15) is 54.3 Å². The van der Waals surface area contributed by atoms with Crippen molar-refractivity contribution in [1.29, 1.82) is 0 Å². The first-order valence-electron chi connectivity index (χ1n) is 10.1. The first kappa shape index (κ1) is 17.7. The molecule has 4 heteroatoms. The molecule has 2 aliphatic carbocycles. The second-order valence-electron chi connectivity index (χ2n) is 8.60. The van der Waals surface area contributed by atoms with Crippen LogP contribution in [0.3, 0.4) is 0 Å². The molecular weight excluding hydrogens is 359 g/mol. The Kier molecular flexibility index (Phi) is 4.30. The molecule has 2 atom stereocenters. The van der Waals surface area contributed by atoms with Gasteiger partial charge in [0.25, 0.3) is 0 Å². The van der Waals surface area contributed by atoms with E-state index in [1.54, 1.807) is 12.1 Å². The molecule has 3 aliphatic rings. The number of nitrogens with zero attached hydrogens (tertiary/aromatic N) is 2. The number of rotatable bonds is 2. The zero-order valence-corrected chi connectivity index (χ0v) is 16.6. The van der Waals surface area contributed by atoms with E-state index in [0.717, 1.165) is 31.1 Å². The second-order valence-corrected chi connectivity index (χ2v) is 9.04. The van der Waals surface area contributed by atoms with Gasteiger partial charge >= 0.3 is 0 Å². The number of likely N-dealkylation sites (N-methyl/N-ethyl adjacent to an activating group) is 1. The molecule has 0 N–H and O–H groups in total. The highest BCUT2D eigenvalue weighted by Gasteiger charge is 2.47. The SMILES string of the molecule is CN1CCN([C@@H]2C[C@@H](c3ccc(F)cc3)c3ccc(Cl)cc32)CC12CCC2. The predicted molar refractivity (Wildman–Crippen MR) is 108 cm³/mol. The van der Waals surface area contributed by atoms with Crippen LogP contribution in [0.4, 0.5) is 4.39 Å². The number of fused-ring (bicyclic) bond motifs is 1. The number of piperazine rings is 1. The van der Waals surface area contributed by atoms with E-state index >= 15 is 0 Å². The minimum atomic E-state index is -0.171. The molecule has 0 amide bonds. The van der Waals surface area contributed by atoms with Gasteiger partial charge in [0.05, 0.1) is 0 Å². The molecule has 0 aromatic heterocycles. The quantitative estimate of drug-likeness (QED) is 0.699. The van der Waals surface area contributed by atoms with Crippen LogP contribution in [0.15, 0.2) is 42.5 Å². The summed E-state index contributed by atoms with van der Waals surface area (Å²) in [6, 6.07) is 13.8. The molecule has 1 aliphatic heterocycles. The minimum absolute atomic E-state index is 0.171. The van der Waals surface area contributed by atoms with Crippen LogP contribution >= 0.6 is 11.6 Å². The molecule has 1 saturated heterocycles. The average molecular weight is 385 g/mol. The molecule has 0 unspecified atom stereocenters. The van der Waals surface area contributed by atoms with Gasteiger partial charge in [0.1, 0.15) is 5.82 Å². The number of benzene rings is 2. The summed E-state index contributed by atoms with van der Waals surface area (Å²) < 4.78 is 13.4. The Labute approximate surface area is 165 Å². The summed E-state index contributed by atoms with van der Waals surface area (Å²) in [6.07, 6.45) is 5.04. The fourth-order valence-electron chi connectivity index (χ4n) is 5.47. The third-order valence-electron chi connectivity index (χ3n) is 7.27. The van der Waals surface area contributed by atoms with E-state index in [-0.39, 0.29) is 5.82 Å². The van der Waals surface area contributed by atoms with Gasteiger partial charge in [-0.1, -0.05) is 29.8 Å². The van der Waals surface area contributed by atoms with Gasteiger partial charge in [-0.05, 0) is 73.7 Å². The Morgan fingerprint density at radius 3 is 2.52 bits per heavy atom. The Hall–Kier alpha value is -1.42. The normalized spacial score (nSPS) is 27.5. The van der Waals surface area contributed by atoms with Gasteiger partial charge < -0.3 is 0 Å². The maximum Gasteiger partial charge on any atom is 0.123 e. The largest absolute Gasteiger partial charge is 0.298 e. The van der Waals surface area contributed by atoms with Crippen LogP contribution in [-0.2, 0) is 0 Å². The molecule has 1 spiro atoms. The Morgan fingerprint density at radius 1 is 1.04 bits per heavy atom. The van der Waals surface area contributed by atoms with Gasteiger partial charge in [-0.15, -0.1) is 0 Å². The molecule has 2 fully saturated rings. The smallest absolute Gasteiger partial charge is 0.123 e. The van der Waals surface area contributed by atoms with Crippen LogP contribution < -0.4 is 0 Å². The van der Waals surface area contributed by atoms with E-state index in [4.69, 9.17) is 11.6 Å². The summed E-state index contributed by atoms with van der Waals surface area (Å²) in [5, 5.41) is 0.811. The van der Waals surface area contributed by atoms with Gasteiger partial charge in [0, 0.05) is 42.2 Å². The molecule has 2 aromatic carbocycles. The standard InChI is InChI=1S/C23H26ClFN2/c1-26-11-12-27(15-23(26)9-2-10-23)22-14-20(16-3-6-18(25)7-4-16)19-8-5-17(24)13-21(19)22/h3-8,13,20,22H,2,9-12,14-15H2,1H3/t20-,22+/m0/s1. The minimum Gasteiger partial charge on any atom is -0.298 e. The molecule has 1 heterocycles. The van der Waals surface area contributed by atoms with Crippen LogP contribution in [0.25, 0.3) is 0 Å². The van der Waals surface area contributed by atoms with Gasteiger partial charge in [-0.25, -0.2) is 4.39 Å². The summed E-state index contributed by atoms with van der Waals surface area (Å²) in [5.74, 6) is 0.149. The van der Waals surface area contributed by atoms with E-state index in [9.17, 15) is 4.39 Å². The fraction of sp³-hybridized carbons (Fsp3) is 0.478. The molecule has 2 nitrogen and oxygen atoms in total. The summed E-state index contributed by atoms with van der Waals surface area (Å²) in [7, 11) is 2.29. The highest BCUT2D eigenvalue weighted by Crippen LogP contribution is 2.50. The molecule has 5 rings (SSSR count). The number of hydrogen-bond donors (Lipinski definition) is 0. The first-order valence-corrected chi connectivity index (χ1v) is 10.4. The zero-order valence-electron chi connectivity index (χ0n) is 15.8. The lowest BCUT2D eigenvalue weighted by Crippen LogP contribution is -2.64. The second kappa shape index (κ2) is 6.58. The van der Waals surface area contributed by atoms with Crippen LogP contribution in [0, 0.1) is 5.82 Å². The summed E-state index contributed by atoms with van der Waals surface area (Å²) in [4.78, 5) is 5.27. The van der Waals surface area contributed by atoms with E-state index in [1.807, 2.05) is 18.2 Å². The fourth-order valence-corrected chi connectivity index (χ4v) is 5.65. The molecule has 2 aromatic rings. The summed E-state index contributed by atoms with van der Waals surface area (Å²) in [5.41, 5.74) is 4.31. The van der Waals surface area contributed by atoms with Crippen molar-refractivity contribution in [2.24, 2.45) is 0 Å². The average Bonchev–Trinajstić information content (AvgIpc) is 3.00. The van der Waals surface area contributed by atoms with Crippen molar-refractivity contribution in [1.82, 2.24) is 9.80 Å². The summed E-state index contributed by atoms with van der Waals surface area (Å²) in [6.45, 7) is 3.38. The maximum atomic E-state index is 13.4. The highest BCUT2D eigenvalue weighted by atomic mass is 35.5. The predicted octanol–water partition coefficient (Wildman–Crippen LogP) is 5.23. The summed E-state index contributed by atoms with van der Waals surface area (Å²) >= 11 is 6.38. The van der Waals surface area contributed by atoms with Crippen LogP contribution in [0.2, 0.25) is 5.02 Å². The van der Waals surface area contributed by atoms with Gasteiger partial charge in [-0.3, -0.25) is 9.80 Å². The van der Waals surface area contributed by atoms with E-state index in [0.29, 0.717) is 17.5 Å². The Bertz CT molecular complexity index is 846. The molecule has 1 saturated carbocycles. The van der Waals surface area contributed by atoms with Gasteiger partial charge in [0.2, 0.25) is 0 Å². The van der Waals surface area contributed by atoms with Gasteiger partial charge in [0.15, 0.2) is 0 Å². The van der Waals surface area contributed by atoms with Crippen molar-refractivity contribution < 1.29 is 4.39 Å². The third-order valence-corrected chi connectivity index (χ3v) is 7.50. The number of halogens is 2. The lowest BCUT2D eigenvalue weighted by molar-refractivity contribution is -0.0513. The van der Waals surface area contributed by atoms with Gasteiger partial charge in [-0.2, -0.15) is 0 Å². The molecule has 142 valence electrons. The van der Waals surface area contributed by atoms with Crippen LogP contribution in [0.5, 0.6) is 0 Å². The molecule has 27 heavy (non-hydrogen) atoms. The third kappa shape index (κ3) is 2.91. The topological polar surface area (TPSA) is 6.48 Å². The van der Waals surface area contributed by atoms with Crippen LogP contribution in [-0.4, -0.2) is 42.0 Å². The van der Waals surface area contributed by atoms with E-state index in [2.05, 4.69) is 29.0 Å². The maximum absolute atomic E-state index is 13.4. The molecular formula is C23H26ClFN2. The van der Waals surface area contributed by atoms with Crippen molar-refractivity contribution >= 4 is 11.6 Å². The van der Waals surface area contributed by atoms with Crippen molar-refractivity contribution in [3.8, 4) is 0 Å². The van der Waals surface area contributed by atoms with Crippen molar-refractivity contribution in [2.45, 2.75) is 43.2 Å². The van der Waals surface area contributed by atoms with Crippen molar-refractivity contribution in [3.05, 3.63) is 70.0 Å². The molecule has 0 bridgehead atoms. The molecule has 0 radical (unpaired) electrons. The Morgan fingerprint density at radius 2 is 1.81 bits per heavy atom. The van der Waals surface area contributed by atoms with E-state index < -0.39 is 0 Å². The monoisotopic (exact) mass is 384 g/mol. The number of hydrogen-bond acceptors (Lipinski definition) is 2. The Balaban J connectivity index is 1.49.